The number of rotatable bonds is 10. The molecule has 4 aliphatic rings. The van der Waals surface area contributed by atoms with Crippen LogP contribution >= 0.6 is 0 Å². The third kappa shape index (κ3) is 14.2. The van der Waals surface area contributed by atoms with Gasteiger partial charge in [0.25, 0.3) is 5.55 Å². The first-order valence-electron chi connectivity index (χ1n) is 21.6. The molecule has 0 aromatic heterocycles. The summed E-state index contributed by atoms with van der Waals surface area (Å²) in [7, 11) is -49.7. The van der Waals surface area contributed by atoms with Crippen LogP contribution in [0, 0.1) is 5.92 Å². The third-order valence-corrected chi connectivity index (χ3v) is 50.1. The molecular formula is C32H70F10O10Si11. The van der Waals surface area contributed by atoms with E-state index >= 15 is 30.2 Å². The van der Waals surface area contributed by atoms with E-state index < -0.39 is 147 Å². The van der Waals surface area contributed by atoms with Crippen LogP contribution in [0.25, 0.3) is 0 Å². The first-order valence-corrected chi connectivity index (χ1v) is 50.0. The number of hydrogen-bond donors (Lipinski definition) is 0. The van der Waals surface area contributed by atoms with Gasteiger partial charge in [-0.3, -0.25) is 4.11 Å². The van der Waals surface area contributed by atoms with Gasteiger partial charge in [-0.25, -0.2) is 12.9 Å². The highest BCUT2D eigenvalue weighted by atomic mass is 28.6. The normalized spacial score (nSPS) is 39.7. The van der Waals surface area contributed by atoms with Crippen molar-refractivity contribution in [2.45, 2.75) is 196 Å². The summed E-state index contributed by atoms with van der Waals surface area (Å²) in [6.07, 6.45) is -5.51. The molecule has 4 fully saturated rings. The van der Waals surface area contributed by atoms with Gasteiger partial charge in [0.2, 0.25) is 0 Å². The molecular weight excluding hydrogens is 1040 g/mol. The minimum absolute atomic E-state index is 0.0221. The monoisotopic (exact) mass is 1110 g/mol. The van der Waals surface area contributed by atoms with Crippen LogP contribution in [0.15, 0.2) is 0 Å². The molecule has 2 saturated carbocycles. The Balaban J connectivity index is 2.16. The second-order valence-electron chi connectivity index (χ2n) is 22.1. The number of fused-ring (bicyclic) bond motifs is 3. The smallest absolute Gasteiger partial charge is 0.417 e. The average Bonchev–Trinajstić information content (AvgIpc) is 2.98. The standard InChI is InChI=1S/C32H70F10O10Si11/c1-53(2,3)25-30(33,34)58(14)48-60(16,42)51-63(52-62(49-58,44-55(7,8)9)27-20-17-19-26(23-27)31(35,36)37)29-22-18-21-28(24-29)61(43-54(4,5)6,45-56(10,11)41)50-59(15,32(38,39)40)46-57(12,13)47-63/h26-29H,17-25H2,1-16H3. The minimum atomic E-state index is -5.68. The largest absolute Gasteiger partial charge is 0.521 e. The summed E-state index contributed by atoms with van der Waals surface area (Å²) in [5.74, 6) is -7.12. The van der Waals surface area contributed by atoms with E-state index in [2.05, 4.69) is 0 Å². The highest BCUT2D eigenvalue weighted by Gasteiger charge is 2.78. The van der Waals surface area contributed by atoms with Crippen LogP contribution in [0.5, 0.6) is 0 Å². The van der Waals surface area contributed by atoms with Crippen molar-refractivity contribution in [3.8, 4) is 0 Å². The fourth-order valence-electron chi connectivity index (χ4n) is 9.10. The fourth-order valence-corrected chi connectivity index (χ4v) is 58.9. The summed E-state index contributed by atoms with van der Waals surface area (Å²) in [6, 6.07) is -0.740. The SMILES string of the molecule is C[Si](C)(C)CC(F)(F)[Si]1(C)O[Si](C)(F)O[Si]2(O[Si](C)(C)O[Si](C)(C(F)(F)F)O[Si](O[Si](C)(C)C)(O[Si](C)(C)F)C3CCCC2C3)O[Si](O[Si](C)(C)C)(C2CCCC(C(F)(F)F)C2)O1. The Morgan fingerprint density at radius 1 is 0.556 bits per heavy atom. The Kier molecular flexibility index (Phi) is 16.4. The van der Waals surface area contributed by atoms with Crippen molar-refractivity contribution in [1.82, 2.24) is 0 Å². The third-order valence-electron chi connectivity index (χ3n) is 11.0. The van der Waals surface area contributed by atoms with Gasteiger partial charge >= 0.3 is 81.6 Å². The van der Waals surface area contributed by atoms with Gasteiger partial charge in [0.1, 0.15) is 0 Å². The van der Waals surface area contributed by atoms with Crippen LogP contribution in [-0.4, -0.2) is 112 Å². The molecule has 2 heterocycles. The summed E-state index contributed by atoms with van der Waals surface area (Å²) in [5, 5.41) is 0. The van der Waals surface area contributed by atoms with Crippen molar-refractivity contribution in [1.29, 1.82) is 0 Å². The predicted molar refractivity (Wildman–Crippen MR) is 244 cm³/mol. The summed E-state index contributed by atoms with van der Waals surface area (Å²) in [6.45, 7) is 22.6. The Hall–Kier alpha value is 1.29. The molecule has 10 nitrogen and oxygen atoms in total. The summed E-state index contributed by atoms with van der Waals surface area (Å²) in [5.41, 5.74) is -7.37. The van der Waals surface area contributed by atoms with Crippen molar-refractivity contribution in [3.05, 3.63) is 0 Å². The predicted octanol–water partition coefficient (Wildman–Crippen LogP) is 12.8. The molecule has 10 atom stereocenters. The first-order chi connectivity index (χ1) is 27.7. The van der Waals surface area contributed by atoms with E-state index in [1.54, 1.807) is 58.9 Å². The van der Waals surface area contributed by atoms with E-state index in [-0.39, 0.29) is 44.9 Å². The van der Waals surface area contributed by atoms with Gasteiger partial charge in [0.15, 0.2) is 16.6 Å². The van der Waals surface area contributed by atoms with Gasteiger partial charge in [0.05, 0.1) is 14.0 Å². The van der Waals surface area contributed by atoms with Gasteiger partial charge in [0, 0.05) is 29.2 Å². The topological polar surface area (TPSA) is 92.3 Å². The minimum Gasteiger partial charge on any atom is -0.417 e. The van der Waals surface area contributed by atoms with E-state index in [9.17, 15) is 13.2 Å². The summed E-state index contributed by atoms with van der Waals surface area (Å²) >= 11 is 0. The molecule has 63 heavy (non-hydrogen) atoms. The van der Waals surface area contributed by atoms with Crippen LogP contribution in [0.3, 0.4) is 0 Å². The maximum absolute atomic E-state index is 17.8. The van der Waals surface area contributed by atoms with E-state index in [4.69, 9.17) is 41.2 Å². The van der Waals surface area contributed by atoms with Gasteiger partial charge in [-0.05, 0) is 117 Å². The van der Waals surface area contributed by atoms with E-state index in [0.717, 1.165) is 32.7 Å². The zero-order chi connectivity index (χ0) is 48.7. The highest BCUT2D eigenvalue weighted by molar-refractivity contribution is 6.97. The molecule has 0 amide bonds. The van der Waals surface area contributed by atoms with Crippen molar-refractivity contribution in [3.63, 3.8) is 0 Å². The lowest BCUT2D eigenvalue weighted by Gasteiger charge is -2.57. The van der Waals surface area contributed by atoms with Gasteiger partial charge < -0.3 is 41.2 Å². The van der Waals surface area contributed by atoms with E-state index in [1.807, 2.05) is 0 Å². The molecule has 1 spiro atoms. The van der Waals surface area contributed by atoms with Crippen LogP contribution in [0.2, 0.25) is 127 Å². The molecule has 10 unspecified atom stereocenters. The quantitative estimate of drug-likeness (QED) is 0.120. The molecule has 2 bridgehead atoms. The zero-order valence-corrected chi connectivity index (χ0v) is 50.5. The van der Waals surface area contributed by atoms with Crippen LogP contribution < -0.4 is 0 Å². The lowest BCUT2D eigenvalue weighted by atomic mass is 9.88. The Labute approximate surface area is 379 Å². The van der Waals surface area contributed by atoms with Gasteiger partial charge in [-0.2, -0.15) is 26.3 Å². The molecule has 0 aromatic carbocycles. The zero-order valence-electron chi connectivity index (χ0n) is 39.5. The molecule has 2 saturated heterocycles. The summed E-state index contributed by atoms with van der Waals surface area (Å²) in [4.78, 5) is 0. The van der Waals surface area contributed by atoms with Crippen molar-refractivity contribution in [2.75, 3.05) is 0 Å². The molecule has 4 rings (SSSR count). The van der Waals surface area contributed by atoms with Crippen LogP contribution in [0.4, 0.5) is 43.3 Å². The molecule has 372 valence electrons. The van der Waals surface area contributed by atoms with E-state index in [1.165, 1.54) is 13.1 Å². The maximum Gasteiger partial charge on any atom is 0.521 e. The Bertz CT molecular complexity index is 1600. The lowest BCUT2D eigenvalue weighted by molar-refractivity contribution is -0.182. The Morgan fingerprint density at radius 3 is 1.57 bits per heavy atom. The molecule has 0 N–H and O–H groups in total. The molecule has 0 aromatic rings. The number of halogens is 10. The Morgan fingerprint density at radius 2 is 1.08 bits per heavy atom. The first kappa shape index (κ1) is 56.9. The van der Waals surface area contributed by atoms with Crippen molar-refractivity contribution >= 4 is 94.4 Å². The second kappa shape index (κ2) is 18.2. The molecule has 2 aliphatic heterocycles. The number of hydrogen-bond acceptors (Lipinski definition) is 10. The fraction of sp³-hybridized carbons (Fsp3) is 1.00. The lowest BCUT2D eigenvalue weighted by Crippen LogP contribution is -2.79. The van der Waals surface area contributed by atoms with Gasteiger partial charge in [-0.1, -0.05) is 32.5 Å². The van der Waals surface area contributed by atoms with Crippen molar-refractivity contribution < 1.29 is 84.5 Å². The molecule has 31 heteroatoms. The van der Waals surface area contributed by atoms with Crippen molar-refractivity contribution in [2.24, 2.45) is 5.92 Å². The van der Waals surface area contributed by atoms with E-state index in [0.29, 0.717) is 0 Å². The van der Waals surface area contributed by atoms with Crippen LogP contribution in [0.1, 0.15) is 51.4 Å². The number of alkyl halides is 8. The molecule has 2 aliphatic carbocycles. The maximum atomic E-state index is 17.8. The van der Waals surface area contributed by atoms with Crippen LogP contribution in [-0.2, 0) is 41.2 Å². The molecule has 0 radical (unpaired) electrons. The second-order valence-corrected chi connectivity index (χ2v) is 62.6. The average molecular weight is 1110 g/mol. The summed E-state index contributed by atoms with van der Waals surface area (Å²) < 4.78 is 225. The highest BCUT2D eigenvalue weighted by Crippen LogP contribution is 2.58. The van der Waals surface area contributed by atoms with Gasteiger partial charge in [-0.15, -0.1) is 0 Å².